The number of nitrogens with two attached hydrogens (primary N) is 1. The number of carbonyl (C=O) groups is 4. The normalized spacial score (nSPS) is 14.8. The SMILES string of the molecule is CC(C)(C)N[C@@H](CN)C(=O)NCCCC(NC(=O)[C@H](CCC(=O)O)NC(C)(C)C)C(=O)O. The minimum atomic E-state index is -1.20. The first-order valence-corrected chi connectivity index (χ1v) is 10.8. The Balaban J connectivity index is 4.82. The van der Waals surface area contributed by atoms with Crippen molar-refractivity contribution in [2.24, 2.45) is 5.73 Å². The lowest BCUT2D eigenvalue weighted by atomic mass is 10.0. The monoisotopic (exact) mass is 459 g/mol. The highest BCUT2D eigenvalue weighted by molar-refractivity contribution is 5.87. The van der Waals surface area contributed by atoms with Crippen molar-refractivity contribution in [2.45, 2.75) is 96.4 Å². The van der Waals surface area contributed by atoms with Gasteiger partial charge in [0.05, 0.1) is 12.1 Å². The molecule has 8 N–H and O–H groups in total. The lowest BCUT2D eigenvalue weighted by Gasteiger charge is -2.28. The molecule has 0 aliphatic heterocycles. The summed E-state index contributed by atoms with van der Waals surface area (Å²) < 4.78 is 0. The molecule has 0 bridgehead atoms. The van der Waals surface area contributed by atoms with Gasteiger partial charge in [0, 0.05) is 30.6 Å². The summed E-state index contributed by atoms with van der Waals surface area (Å²) in [6.07, 6.45) is 0.225. The maximum Gasteiger partial charge on any atom is 0.326 e. The van der Waals surface area contributed by atoms with E-state index in [-0.39, 0.29) is 43.8 Å². The van der Waals surface area contributed by atoms with Gasteiger partial charge in [0.2, 0.25) is 11.8 Å². The molecule has 32 heavy (non-hydrogen) atoms. The Morgan fingerprint density at radius 2 is 1.34 bits per heavy atom. The zero-order chi connectivity index (χ0) is 25.1. The highest BCUT2D eigenvalue weighted by Crippen LogP contribution is 2.08. The molecule has 11 nitrogen and oxygen atoms in total. The van der Waals surface area contributed by atoms with Crippen LogP contribution in [0.5, 0.6) is 0 Å². The summed E-state index contributed by atoms with van der Waals surface area (Å²) in [6.45, 7) is 11.6. The largest absolute Gasteiger partial charge is 0.481 e. The maximum atomic E-state index is 12.6. The molecule has 0 aromatic rings. The van der Waals surface area contributed by atoms with Crippen LogP contribution in [0.4, 0.5) is 0 Å². The Kier molecular flexibility index (Phi) is 12.4. The second-order valence-corrected chi connectivity index (χ2v) is 9.89. The van der Waals surface area contributed by atoms with Gasteiger partial charge >= 0.3 is 11.9 Å². The molecule has 186 valence electrons. The lowest BCUT2D eigenvalue weighted by Crippen LogP contribution is -2.55. The van der Waals surface area contributed by atoms with E-state index in [0.717, 1.165) is 0 Å². The van der Waals surface area contributed by atoms with E-state index in [0.29, 0.717) is 6.42 Å². The van der Waals surface area contributed by atoms with Crippen molar-refractivity contribution >= 4 is 23.8 Å². The van der Waals surface area contributed by atoms with Crippen molar-refractivity contribution in [3.05, 3.63) is 0 Å². The van der Waals surface area contributed by atoms with Crippen LogP contribution in [0.1, 0.15) is 67.2 Å². The molecule has 0 saturated carbocycles. The molecule has 11 heteroatoms. The molecule has 0 rings (SSSR count). The minimum absolute atomic E-state index is 0.0298. The van der Waals surface area contributed by atoms with E-state index in [1.165, 1.54) is 0 Å². The van der Waals surface area contributed by atoms with Gasteiger partial charge in [-0.1, -0.05) is 0 Å². The van der Waals surface area contributed by atoms with Crippen LogP contribution in [0.25, 0.3) is 0 Å². The van der Waals surface area contributed by atoms with E-state index >= 15 is 0 Å². The lowest BCUT2D eigenvalue weighted by molar-refractivity contribution is -0.143. The summed E-state index contributed by atoms with van der Waals surface area (Å²) in [7, 11) is 0. The highest BCUT2D eigenvalue weighted by atomic mass is 16.4. The fraction of sp³-hybridized carbons (Fsp3) is 0.810. The predicted molar refractivity (Wildman–Crippen MR) is 121 cm³/mol. The number of nitrogens with one attached hydrogen (secondary N) is 4. The molecule has 0 aromatic heterocycles. The third kappa shape index (κ3) is 13.9. The second kappa shape index (κ2) is 13.3. The van der Waals surface area contributed by atoms with Crippen molar-refractivity contribution in [1.82, 2.24) is 21.3 Å². The van der Waals surface area contributed by atoms with Gasteiger partial charge in [-0.2, -0.15) is 0 Å². The van der Waals surface area contributed by atoms with Gasteiger partial charge in [-0.3, -0.25) is 14.4 Å². The number of hydrogen-bond acceptors (Lipinski definition) is 7. The fourth-order valence-electron chi connectivity index (χ4n) is 2.98. The van der Waals surface area contributed by atoms with Crippen molar-refractivity contribution < 1.29 is 29.4 Å². The number of rotatable bonds is 14. The van der Waals surface area contributed by atoms with E-state index in [2.05, 4.69) is 21.3 Å². The van der Waals surface area contributed by atoms with Gasteiger partial charge in [0.25, 0.3) is 0 Å². The first-order chi connectivity index (χ1) is 14.6. The first kappa shape index (κ1) is 29.8. The summed E-state index contributed by atoms with van der Waals surface area (Å²) in [4.78, 5) is 47.4. The maximum absolute atomic E-state index is 12.6. The van der Waals surface area contributed by atoms with Gasteiger partial charge < -0.3 is 37.2 Å². The van der Waals surface area contributed by atoms with Gasteiger partial charge in [-0.15, -0.1) is 0 Å². The van der Waals surface area contributed by atoms with Crippen molar-refractivity contribution in [1.29, 1.82) is 0 Å². The molecule has 0 saturated heterocycles. The summed E-state index contributed by atoms with van der Waals surface area (Å²) >= 11 is 0. The van der Waals surface area contributed by atoms with Gasteiger partial charge in [-0.25, -0.2) is 4.79 Å². The summed E-state index contributed by atoms with van der Waals surface area (Å²) in [5.74, 6) is -3.09. The van der Waals surface area contributed by atoms with E-state index in [1.54, 1.807) is 0 Å². The summed E-state index contributed by atoms with van der Waals surface area (Å²) in [5.41, 5.74) is 4.89. The molecule has 0 heterocycles. The summed E-state index contributed by atoms with van der Waals surface area (Å²) in [6, 6.07) is -2.57. The third-order valence-corrected chi connectivity index (χ3v) is 4.31. The van der Waals surface area contributed by atoms with Crippen LogP contribution in [0, 0.1) is 0 Å². The number of carbonyl (C=O) groups excluding carboxylic acids is 2. The van der Waals surface area contributed by atoms with Gasteiger partial charge in [0.15, 0.2) is 0 Å². The van der Waals surface area contributed by atoms with E-state index < -0.39 is 41.5 Å². The van der Waals surface area contributed by atoms with Crippen LogP contribution >= 0.6 is 0 Å². The zero-order valence-corrected chi connectivity index (χ0v) is 20.1. The van der Waals surface area contributed by atoms with Crippen LogP contribution < -0.4 is 27.0 Å². The molecule has 0 aliphatic rings. The molecular formula is C21H41N5O6. The Hall–Kier alpha value is -2.24. The average Bonchev–Trinajstić information content (AvgIpc) is 2.63. The van der Waals surface area contributed by atoms with Crippen molar-refractivity contribution in [3.8, 4) is 0 Å². The number of carboxylic acids is 2. The Morgan fingerprint density at radius 3 is 1.78 bits per heavy atom. The van der Waals surface area contributed by atoms with Crippen molar-refractivity contribution in [3.63, 3.8) is 0 Å². The summed E-state index contributed by atoms with van der Waals surface area (Å²) in [5, 5.41) is 29.7. The van der Waals surface area contributed by atoms with E-state index in [1.807, 2.05) is 41.5 Å². The van der Waals surface area contributed by atoms with Crippen LogP contribution in [0.2, 0.25) is 0 Å². The second-order valence-electron chi connectivity index (χ2n) is 9.89. The van der Waals surface area contributed by atoms with Gasteiger partial charge in [0.1, 0.15) is 6.04 Å². The minimum Gasteiger partial charge on any atom is -0.481 e. The standard InChI is InChI=1S/C21H41N5O6/c1-20(2,3)25-13(9-10-16(27)28)18(30)24-14(19(31)32)8-7-11-23-17(29)15(12-22)26-21(4,5)6/h13-15,25-26H,7-12,22H2,1-6H3,(H,23,29)(H,24,30)(H,27,28)(H,31,32)/t13-,14?,15-/m0/s1. The van der Waals surface area contributed by atoms with Crippen LogP contribution in [0.3, 0.4) is 0 Å². The predicted octanol–water partition coefficient (Wildman–Crippen LogP) is -0.211. The number of carboxylic acid groups (broad SMARTS) is 2. The zero-order valence-electron chi connectivity index (χ0n) is 20.1. The average molecular weight is 460 g/mol. The van der Waals surface area contributed by atoms with E-state index in [9.17, 15) is 24.3 Å². The first-order valence-electron chi connectivity index (χ1n) is 10.8. The van der Waals surface area contributed by atoms with E-state index in [4.69, 9.17) is 10.8 Å². The van der Waals surface area contributed by atoms with Gasteiger partial charge in [-0.05, 0) is 60.8 Å². The topological polar surface area (TPSA) is 183 Å². The molecule has 1 unspecified atom stereocenters. The third-order valence-electron chi connectivity index (χ3n) is 4.31. The van der Waals surface area contributed by atoms with Crippen molar-refractivity contribution in [2.75, 3.05) is 13.1 Å². The molecule has 0 spiro atoms. The fourth-order valence-corrected chi connectivity index (χ4v) is 2.98. The van der Waals surface area contributed by atoms with Crippen LogP contribution in [-0.2, 0) is 19.2 Å². The van der Waals surface area contributed by atoms with Crippen LogP contribution in [0.15, 0.2) is 0 Å². The number of hydrogen-bond donors (Lipinski definition) is 7. The molecule has 0 radical (unpaired) electrons. The number of aliphatic carboxylic acids is 2. The molecular weight excluding hydrogens is 418 g/mol. The molecule has 0 aliphatic carbocycles. The Labute approximate surface area is 190 Å². The van der Waals surface area contributed by atoms with Crippen LogP contribution in [-0.4, -0.2) is 76.3 Å². The molecule has 0 fully saturated rings. The number of amides is 2. The molecule has 2 amide bonds. The Bertz CT molecular complexity index is 642. The molecule has 0 aromatic carbocycles. The quantitative estimate of drug-likeness (QED) is 0.173. The smallest absolute Gasteiger partial charge is 0.326 e. The highest BCUT2D eigenvalue weighted by Gasteiger charge is 2.28. The molecule has 3 atom stereocenters. The Morgan fingerprint density at radius 1 is 0.812 bits per heavy atom.